The number of hydroxylamine groups is 6. The first-order chi connectivity index (χ1) is 20.0. The minimum absolute atomic E-state index is 0.0606. The van der Waals surface area contributed by atoms with Crippen LogP contribution in [0.15, 0.2) is 69.9 Å². The maximum atomic E-state index is 13.0. The summed E-state index contributed by atoms with van der Waals surface area (Å²) >= 11 is 6.51. The summed E-state index contributed by atoms with van der Waals surface area (Å²) in [4.78, 5) is 67.1. The highest BCUT2D eigenvalue weighted by molar-refractivity contribution is 9.10. The van der Waals surface area contributed by atoms with Crippen LogP contribution in [-0.4, -0.2) is 67.2 Å². The number of halogens is 2. The van der Waals surface area contributed by atoms with Crippen LogP contribution in [0.2, 0.25) is 0 Å². The zero-order chi connectivity index (χ0) is 30.3. The molecule has 0 spiro atoms. The normalized spacial score (nSPS) is 23.3. The average molecular weight is 714 g/mol. The molecule has 0 radical (unpaired) electrons. The van der Waals surface area contributed by atoms with Gasteiger partial charge in [-0.2, -0.15) is 0 Å². The van der Waals surface area contributed by atoms with Gasteiger partial charge in [-0.25, -0.2) is 19.6 Å². The Morgan fingerprint density at radius 2 is 1.21 bits per heavy atom. The Hall–Kier alpha value is -4.00. The molecule has 2 N–H and O–H groups in total. The number of aromatic nitrogens is 2. The van der Waals surface area contributed by atoms with Crippen molar-refractivity contribution in [2.75, 3.05) is 26.2 Å². The van der Waals surface area contributed by atoms with Gasteiger partial charge in [0.05, 0.1) is 35.8 Å². The fourth-order valence-electron chi connectivity index (χ4n) is 4.62. The quantitative estimate of drug-likeness (QED) is 0.150. The van der Waals surface area contributed by atoms with Crippen molar-refractivity contribution in [1.29, 1.82) is 0 Å². The van der Waals surface area contributed by atoms with Gasteiger partial charge in [-0.15, -0.1) is 0 Å². The molecule has 16 nitrogen and oxygen atoms in total. The molecule has 4 rings (SSSR count). The third-order valence-corrected chi connectivity index (χ3v) is 7.37. The van der Waals surface area contributed by atoms with Crippen LogP contribution in [0.3, 0.4) is 0 Å². The Bertz CT molecular complexity index is 1320. The summed E-state index contributed by atoms with van der Waals surface area (Å²) in [6, 6.07) is 6.88. The van der Waals surface area contributed by atoms with Gasteiger partial charge in [-0.3, -0.25) is 29.9 Å². The number of carbonyl (C=O) groups excluding carboxylic acids is 2. The molecular formula is C24H26Br2N8O8+2. The number of rotatable bonds is 11. The Kier molecular flexibility index (Phi) is 9.81. The Morgan fingerprint density at radius 1 is 0.810 bits per heavy atom. The fraction of sp³-hybridized carbons (Fsp3) is 0.333. The first-order valence-corrected chi connectivity index (χ1v) is 14.2. The third kappa shape index (κ3) is 7.84. The monoisotopic (exact) mass is 712 g/mol. The van der Waals surface area contributed by atoms with E-state index in [9.17, 15) is 29.8 Å². The Labute approximate surface area is 255 Å². The van der Waals surface area contributed by atoms with E-state index in [1.54, 1.807) is 36.7 Å². The smallest absolute Gasteiger partial charge is 0.327 e. The van der Waals surface area contributed by atoms with Crippen molar-refractivity contribution in [3.63, 3.8) is 0 Å². The average Bonchev–Trinajstić information content (AvgIpc) is 3.48. The van der Waals surface area contributed by atoms with Gasteiger partial charge in [0.2, 0.25) is 0 Å². The highest BCUT2D eigenvalue weighted by atomic mass is 79.9. The van der Waals surface area contributed by atoms with Crippen molar-refractivity contribution < 1.29 is 38.4 Å². The number of nitrogens with zero attached hydrogens (tertiary/aromatic N) is 6. The summed E-state index contributed by atoms with van der Waals surface area (Å²) in [5.41, 5.74) is 1.31. The molecule has 2 aromatic heterocycles. The van der Waals surface area contributed by atoms with Crippen LogP contribution in [0.1, 0.15) is 24.0 Å². The molecule has 2 aliphatic rings. The third-order valence-electron chi connectivity index (χ3n) is 6.43. The zero-order valence-electron chi connectivity index (χ0n) is 22.0. The summed E-state index contributed by atoms with van der Waals surface area (Å²) in [7, 11) is 0. The summed E-state index contributed by atoms with van der Waals surface area (Å²) in [6.45, 7) is 1.14. The lowest BCUT2D eigenvalue weighted by molar-refractivity contribution is -1.07. The number of hydrogen-bond acceptors (Lipinski definition) is 12. The molecule has 0 saturated carbocycles. The Balaban J connectivity index is 1.48. The van der Waals surface area contributed by atoms with Crippen LogP contribution < -0.4 is 10.6 Å². The SMILES string of the molecule is O=C(CCC(=O)O[N+]1(Cc2ccc(Br)nc2)CCNC1=C[N+](=O)[O-])O[N+]1(Cc2ccc(Br)nc2)CCNC1=C[N+](=O)[O-]. The number of carbonyl (C=O) groups is 2. The number of quaternary nitrogens is 2. The molecule has 0 aromatic carbocycles. The van der Waals surface area contributed by atoms with Gasteiger partial charge in [0, 0.05) is 23.5 Å². The molecule has 2 aromatic rings. The maximum absolute atomic E-state index is 13.0. The van der Waals surface area contributed by atoms with Crippen molar-refractivity contribution in [3.05, 3.63) is 101 Å². The van der Waals surface area contributed by atoms with Crippen LogP contribution in [-0.2, 0) is 32.4 Å². The van der Waals surface area contributed by atoms with Crippen molar-refractivity contribution in [1.82, 2.24) is 20.6 Å². The van der Waals surface area contributed by atoms with Crippen molar-refractivity contribution in [2.45, 2.75) is 25.9 Å². The molecule has 2 saturated heterocycles. The van der Waals surface area contributed by atoms with Gasteiger partial charge >= 0.3 is 36.0 Å². The largest absolute Gasteiger partial charge is 0.367 e. The molecule has 2 fully saturated rings. The van der Waals surface area contributed by atoms with Gasteiger partial charge in [0.15, 0.2) is 13.1 Å². The Morgan fingerprint density at radius 3 is 1.55 bits per heavy atom. The topological polar surface area (TPSA) is 189 Å². The van der Waals surface area contributed by atoms with Crippen molar-refractivity contribution >= 4 is 43.8 Å². The molecular weight excluding hydrogens is 688 g/mol. The van der Waals surface area contributed by atoms with Gasteiger partial charge in [-0.1, -0.05) is 9.29 Å². The predicted molar refractivity (Wildman–Crippen MR) is 149 cm³/mol. The van der Waals surface area contributed by atoms with E-state index in [2.05, 4.69) is 52.5 Å². The molecule has 42 heavy (non-hydrogen) atoms. The van der Waals surface area contributed by atoms with Crippen LogP contribution in [0, 0.1) is 20.2 Å². The molecule has 0 amide bonds. The van der Waals surface area contributed by atoms with E-state index >= 15 is 0 Å². The number of nitrogens with one attached hydrogen (secondary N) is 2. The van der Waals surface area contributed by atoms with E-state index < -0.39 is 43.9 Å². The molecule has 2 atom stereocenters. The minimum Gasteiger partial charge on any atom is -0.327 e. The van der Waals surface area contributed by atoms with Crippen LogP contribution in [0.5, 0.6) is 0 Å². The second-order valence-electron chi connectivity index (χ2n) is 9.40. The molecule has 222 valence electrons. The molecule has 2 aliphatic heterocycles. The van der Waals surface area contributed by atoms with E-state index in [0.717, 1.165) is 12.4 Å². The van der Waals surface area contributed by atoms with Crippen LogP contribution in [0.25, 0.3) is 0 Å². The second-order valence-corrected chi connectivity index (χ2v) is 11.0. The summed E-state index contributed by atoms with van der Waals surface area (Å²) in [5, 5.41) is 28.3. The molecule has 0 aliphatic carbocycles. The number of pyridine rings is 2. The van der Waals surface area contributed by atoms with E-state index in [1.807, 2.05) is 0 Å². The number of nitro groups is 2. The minimum atomic E-state index is -0.792. The first kappa shape index (κ1) is 30.9. The van der Waals surface area contributed by atoms with Gasteiger partial charge in [0.1, 0.15) is 22.3 Å². The van der Waals surface area contributed by atoms with E-state index in [-0.39, 0.29) is 37.8 Å². The lowest BCUT2D eigenvalue weighted by Crippen LogP contribution is -2.47. The molecule has 0 bridgehead atoms. The zero-order valence-corrected chi connectivity index (χ0v) is 25.2. The van der Waals surface area contributed by atoms with Crippen LogP contribution >= 0.6 is 31.9 Å². The van der Waals surface area contributed by atoms with Gasteiger partial charge < -0.3 is 10.6 Å². The first-order valence-electron chi connectivity index (χ1n) is 12.6. The molecule has 2 unspecified atom stereocenters. The maximum Gasteiger partial charge on any atom is 0.367 e. The predicted octanol–water partition coefficient (Wildman–Crippen LogP) is 2.39. The van der Waals surface area contributed by atoms with Crippen molar-refractivity contribution in [3.8, 4) is 0 Å². The summed E-state index contributed by atoms with van der Waals surface area (Å²) in [6.07, 6.45) is 3.81. The molecule has 18 heteroatoms. The molecule has 4 heterocycles. The van der Waals surface area contributed by atoms with Crippen molar-refractivity contribution in [2.24, 2.45) is 0 Å². The lowest BCUT2D eigenvalue weighted by Gasteiger charge is -2.29. The second kappa shape index (κ2) is 13.3. The fourth-order valence-corrected chi connectivity index (χ4v) is 5.09. The van der Waals surface area contributed by atoms with E-state index in [4.69, 9.17) is 9.68 Å². The highest BCUT2D eigenvalue weighted by Gasteiger charge is 2.47. The van der Waals surface area contributed by atoms with Gasteiger partial charge in [-0.05, 0) is 56.1 Å². The number of hydrogen-bond donors (Lipinski definition) is 2. The van der Waals surface area contributed by atoms with Gasteiger partial charge in [0.25, 0.3) is 0 Å². The van der Waals surface area contributed by atoms with E-state index in [0.29, 0.717) is 33.4 Å². The summed E-state index contributed by atoms with van der Waals surface area (Å²) in [5.74, 6) is -1.44. The van der Waals surface area contributed by atoms with E-state index in [1.165, 1.54) is 0 Å². The lowest BCUT2D eigenvalue weighted by atomic mass is 10.2. The summed E-state index contributed by atoms with van der Waals surface area (Å²) < 4.78 is 0.147. The standard InChI is InChI=1S/C24H26Br2N8O8/c25-19-3-1-17(11-29-19)15-33(9-7-27-21(33)13-31(37)38)41-23(35)5-6-24(36)42-34(10-8-28-22(34)14-32(39)40)16-18-2-4-20(26)30-12-18/h1-4,11-14,27-28H,5-10,15-16H2/q+2. The van der Waals surface area contributed by atoms with Crippen LogP contribution in [0.4, 0.5) is 0 Å². The highest BCUT2D eigenvalue weighted by Crippen LogP contribution is 2.29.